The highest BCUT2D eigenvalue weighted by atomic mass is 15.1. The Labute approximate surface area is 118 Å². The first-order valence-corrected chi connectivity index (χ1v) is 6.91. The van der Waals surface area contributed by atoms with E-state index in [1.165, 1.54) is 11.1 Å². The molecule has 2 aromatic heterocycles. The van der Waals surface area contributed by atoms with E-state index in [2.05, 4.69) is 38.9 Å². The van der Waals surface area contributed by atoms with Crippen LogP contribution in [0.15, 0.2) is 55.1 Å². The SMILES string of the molecule is CCNC(Cn1cnc2ccccc21)c1cccnc1. The first-order valence-electron chi connectivity index (χ1n) is 6.91. The summed E-state index contributed by atoms with van der Waals surface area (Å²) in [6, 6.07) is 12.5. The van der Waals surface area contributed by atoms with Crippen LogP contribution in [-0.4, -0.2) is 21.1 Å². The van der Waals surface area contributed by atoms with Crippen molar-refractivity contribution in [1.82, 2.24) is 19.9 Å². The van der Waals surface area contributed by atoms with E-state index in [0.29, 0.717) is 0 Å². The Hall–Kier alpha value is -2.20. The van der Waals surface area contributed by atoms with Gasteiger partial charge in [0.25, 0.3) is 0 Å². The number of imidazole rings is 1. The Kier molecular flexibility index (Phi) is 3.74. The topological polar surface area (TPSA) is 42.7 Å². The monoisotopic (exact) mass is 266 g/mol. The number of para-hydroxylation sites is 2. The van der Waals surface area contributed by atoms with Crippen LogP contribution in [-0.2, 0) is 6.54 Å². The Morgan fingerprint density at radius 2 is 2.10 bits per heavy atom. The fourth-order valence-electron chi connectivity index (χ4n) is 2.47. The number of aromatic nitrogens is 3. The number of nitrogens with zero attached hydrogens (tertiary/aromatic N) is 3. The summed E-state index contributed by atoms with van der Waals surface area (Å²) >= 11 is 0. The van der Waals surface area contributed by atoms with E-state index in [0.717, 1.165) is 18.6 Å². The van der Waals surface area contributed by atoms with Crippen LogP contribution in [0.5, 0.6) is 0 Å². The van der Waals surface area contributed by atoms with Gasteiger partial charge in [0.15, 0.2) is 0 Å². The van der Waals surface area contributed by atoms with Crippen molar-refractivity contribution in [2.24, 2.45) is 0 Å². The molecule has 0 saturated heterocycles. The molecule has 0 saturated carbocycles. The summed E-state index contributed by atoms with van der Waals surface area (Å²) in [5.41, 5.74) is 3.40. The zero-order valence-corrected chi connectivity index (χ0v) is 11.5. The molecule has 0 aliphatic rings. The van der Waals surface area contributed by atoms with Crippen LogP contribution < -0.4 is 5.32 Å². The fraction of sp³-hybridized carbons (Fsp3) is 0.250. The van der Waals surface area contributed by atoms with Crippen LogP contribution in [0.1, 0.15) is 18.5 Å². The van der Waals surface area contributed by atoms with Crippen molar-refractivity contribution < 1.29 is 0 Å². The normalized spacial score (nSPS) is 12.7. The Bertz CT molecular complexity index is 675. The average molecular weight is 266 g/mol. The molecule has 0 aliphatic carbocycles. The smallest absolute Gasteiger partial charge is 0.0958 e. The maximum Gasteiger partial charge on any atom is 0.0958 e. The Morgan fingerprint density at radius 3 is 2.90 bits per heavy atom. The highest BCUT2D eigenvalue weighted by Crippen LogP contribution is 2.18. The van der Waals surface area contributed by atoms with E-state index in [1.807, 2.05) is 36.8 Å². The van der Waals surface area contributed by atoms with Gasteiger partial charge in [-0.25, -0.2) is 4.98 Å². The molecular weight excluding hydrogens is 248 g/mol. The zero-order chi connectivity index (χ0) is 13.8. The molecule has 0 bridgehead atoms. The van der Waals surface area contributed by atoms with Gasteiger partial charge in [-0.05, 0) is 30.3 Å². The second-order valence-corrected chi connectivity index (χ2v) is 4.78. The lowest BCUT2D eigenvalue weighted by atomic mass is 10.1. The van der Waals surface area contributed by atoms with E-state index in [9.17, 15) is 0 Å². The zero-order valence-electron chi connectivity index (χ0n) is 11.5. The van der Waals surface area contributed by atoms with Crippen LogP contribution in [0.25, 0.3) is 11.0 Å². The summed E-state index contributed by atoms with van der Waals surface area (Å²) in [6.45, 7) is 3.89. The first-order chi connectivity index (χ1) is 9.88. The van der Waals surface area contributed by atoms with Gasteiger partial charge in [-0.15, -0.1) is 0 Å². The number of hydrogen-bond acceptors (Lipinski definition) is 3. The van der Waals surface area contributed by atoms with Crippen molar-refractivity contribution in [3.63, 3.8) is 0 Å². The largest absolute Gasteiger partial charge is 0.329 e. The molecule has 4 heteroatoms. The summed E-state index contributed by atoms with van der Waals surface area (Å²) in [5.74, 6) is 0. The van der Waals surface area contributed by atoms with Crippen molar-refractivity contribution >= 4 is 11.0 Å². The molecule has 2 heterocycles. The third-order valence-electron chi connectivity index (χ3n) is 3.44. The van der Waals surface area contributed by atoms with Crippen molar-refractivity contribution in [3.8, 4) is 0 Å². The highest BCUT2D eigenvalue weighted by Gasteiger charge is 2.12. The van der Waals surface area contributed by atoms with Crippen molar-refractivity contribution in [3.05, 3.63) is 60.7 Å². The number of fused-ring (bicyclic) bond motifs is 1. The maximum atomic E-state index is 4.45. The third kappa shape index (κ3) is 2.56. The van der Waals surface area contributed by atoms with Gasteiger partial charge in [0.1, 0.15) is 0 Å². The minimum atomic E-state index is 0.242. The summed E-state index contributed by atoms with van der Waals surface area (Å²) in [5, 5.41) is 3.51. The lowest BCUT2D eigenvalue weighted by molar-refractivity contribution is 0.480. The van der Waals surface area contributed by atoms with Crippen LogP contribution in [0.4, 0.5) is 0 Å². The standard InChI is InChI=1S/C16H18N4/c1-2-18-15(13-6-5-9-17-10-13)11-20-12-19-14-7-3-4-8-16(14)20/h3-10,12,15,18H,2,11H2,1H3. The van der Waals surface area contributed by atoms with Crippen LogP contribution in [0.2, 0.25) is 0 Å². The van der Waals surface area contributed by atoms with Crippen molar-refractivity contribution in [2.45, 2.75) is 19.5 Å². The second kappa shape index (κ2) is 5.84. The van der Waals surface area contributed by atoms with Gasteiger partial charge in [-0.2, -0.15) is 0 Å². The molecule has 4 nitrogen and oxygen atoms in total. The molecule has 102 valence electrons. The van der Waals surface area contributed by atoms with Crippen molar-refractivity contribution in [1.29, 1.82) is 0 Å². The molecule has 1 N–H and O–H groups in total. The van der Waals surface area contributed by atoms with Gasteiger partial charge in [0.05, 0.1) is 23.4 Å². The number of hydrogen-bond donors (Lipinski definition) is 1. The average Bonchev–Trinajstić information content (AvgIpc) is 2.91. The molecule has 1 aromatic carbocycles. The molecule has 20 heavy (non-hydrogen) atoms. The molecule has 0 radical (unpaired) electrons. The summed E-state index contributed by atoms with van der Waals surface area (Å²) < 4.78 is 2.19. The minimum absolute atomic E-state index is 0.242. The molecule has 0 aliphatic heterocycles. The van der Waals surface area contributed by atoms with Gasteiger partial charge in [0, 0.05) is 18.9 Å². The van der Waals surface area contributed by atoms with E-state index < -0.39 is 0 Å². The maximum absolute atomic E-state index is 4.45. The Morgan fingerprint density at radius 1 is 1.20 bits per heavy atom. The lowest BCUT2D eigenvalue weighted by Crippen LogP contribution is -2.25. The van der Waals surface area contributed by atoms with Gasteiger partial charge in [-0.3, -0.25) is 4.98 Å². The van der Waals surface area contributed by atoms with E-state index >= 15 is 0 Å². The first kappa shape index (κ1) is 12.8. The number of likely N-dealkylation sites (N-methyl/N-ethyl adjacent to an activating group) is 1. The van der Waals surface area contributed by atoms with E-state index in [-0.39, 0.29) is 6.04 Å². The quantitative estimate of drug-likeness (QED) is 0.772. The lowest BCUT2D eigenvalue weighted by Gasteiger charge is -2.19. The van der Waals surface area contributed by atoms with Gasteiger partial charge in [0.2, 0.25) is 0 Å². The Balaban J connectivity index is 1.90. The molecule has 0 fully saturated rings. The van der Waals surface area contributed by atoms with E-state index in [4.69, 9.17) is 0 Å². The van der Waals surface area contributed by atoms with Gasteiger partial charge in [-0.1, -0.05) is 25.1 Å². The minimum Gasteiger partial charge on any atom is -0.329 e. The second-order valence-electron chi connectivity index (χ2n) is 4.78. The number of rotatable bonds is 5. The number of nitrogens with one attached hydrogen (secondary N) is 1. The van der Waals surface area contributed by atoms with Crippen LogP contribution in [0.3, 0.4) is 0 Å². The highest BCUT2D eigenvalue weighted by molar-refractivity contribution is 5.74. The van der Waals surface area contributed by atoms with E-state index in [1.54, 1.807) is 6.20 Å². The molecule has 1 unspecified atom stereocenters. The van der Waals surface area contributed by atoms with Crippen molar-refractivity contribution in [2.75, 3.05) is 6.54 Å². The molecule has 1 atom stereocenters. The number of benzene rings is 1. The molecule has 0 amide bonds. The third-order valence-corrected chi connectivity index (χ3v) is 3.44. The van der Waals surface area contributed by atoms with Gasteiger partial charge >= 0.3 is 0 Å². The summed E-state index contributed by atoms with van der Waals surface area (Å²) in [6.07, 6.45) is 5.64. The van der Waals surface area contributed by atoms with Gasteiger partial charge < -0.3 is 9.88 Å². The molecular formula is C16H18N4. The van der Waals surface area contributed by atoms with Crippen LogP contribution in [0, 0.1) is 0 Å². The predicted molar refractivity (Wildman–Crippen MR) is 80.4 cm³/mol. The molecule has 3 aromatic rings. The number of pyridine rings is 1. The summed E-state index contributed by atoms with van der Waals surface area (Å²) in [7, 11) is 0. The summed E-state index contributed by atoms with van der Waals surface area (Å²) in [4.78, 5) is 8.66. The van der Waals surface area contributed by atoms with Crippen LogP contribution >= 0.6 is 0 Å². The molecule has 3 rings (SSSR count). The molecule has 0 spiro atoms. The fourth-order valence-corrected chi connectivity index (χ4v) is 2.47. The predicted octanol–water partition coefficient (Wildman–Crippen LogP) is 2.78.